The number of rotatable bonds is 6. The molecule has 6 unspecified atom stereocenters. The smallest absolute Gasteiger partial charge is 0.0852 e. The van der Waals surface area contributed by atoms with E-state index in [0.717, 1.165) is 43.1 Å². The zero-order valence-corrected chi connectivity index (χ0v) is 20.2. The molecule has 0 aromatic rings. The molecule has 0 bridgehead atoms. The van der Waals surface area contributed by atoms with Crippen LogP contribution in [0.3, 0.4) is 0 Å². The predicted molar refractivity (Wildman–Crippen MR) is 127 cm³/mol. The molecule has 0 saturated heterocycles. The van der Waals surface area contributed by atoms with E-state index < -0.39 is 5.60 Å². The number of aliphatic hydroxyl groups excluding tert-OH is 1. The van der Waals surface area contributed by atoms with Gasteiger partial charge in [0.1, 0.15) is 0 Å². The van der Waals surface area contributed by atoms with Crippen LogP contribution in [0.25, 0.3) is 0 Å². The average molecular weight is 429 g/mol. The van der Waals surface area contributed by atoms with E-state index in [-0.39, 0.29) is 12.2 Å². The van der Waals surface area contributed by atoms with Crippen molar-refractivity contribution >= 4 is 0 Å². The number of hydrogen-bond donors (Lipinski definition) is 2. The molecule has 0 aromatic heterocycles. The maximum atomic E-state index is 10.5. The minimum absolute atomic E-state index is 0.102. The molecule has 3 aliphatic carbocycles. The molecule has 31 heavy (non-hydrogen) atoms. The van der Waals surface area contributed by atoms with E-state index in [0.29, 0.717) is 17.9 Å². The summed E-state index contributed by atoms with van der Waals surface area (Å²) in [6.07, 6.45) is 18.1. The van der Waals surface area contributed by atoms with Gasteiger partial charge in [-0.1, -0.05) is 56.1 Å². The number of hydrogen-bond acceptors (Lipinski definition) is 3. The first-order valence-electron chi connectivity index (χ1n) is 12.8. The van der Waals surface area contributed by atoms with Crippen LogP contribution in [-0.2, 0) is 4.74 Å². The van der Waals surface area contributed by atoms with Crippen molar-refractivity contribution < 1.29 is 14.9 Å². The topological polar surface area (TPSA) is 49.7 Å². The van der Waals surface area contributed by atoms with E-state index in [1.165, 1.54) is 44.1 Å². The molecular formula is C28H44O3. The van der Waals surface area contributed by atoms with E-state index in [4.69, 9.17) is 4.74 Å². The summed E-state index contributed by atoms with van der Waals surface area (Å²) in [5.74, 6) is 2.24. The first kappa shape index (κ1) is 23.3. The Morgan fingerprint density at radius 3 is 2.84 bits per heavy atom. The zero-order valence-electron chi connectivity index (χ0n) is 20.2. The number of aliphatic hydroxyl groups is 2. The maximum Gasteiger partial charge on any atom is 0.0852 e. The first-order chi connectivity index (χ1) is 14.7. The van der Waals surface area contributed by atoms with Crippen LogP contribution in [0.2, 0.25) is 0 Å². The molecule has 6 atom stereocenters. The van der Waals surface area contributed by atoms with Crippen molar-refractivity contribution in [1.29, 1.82) is 0 Å². The summed E-state index contributed by atoms with van der Waals surface area (Å²) < 4.78 is 5.80. The highest BCUT2D eigenvalue weighted by Crippen LogP contribution is 2.60. The van der Waals surface area contributed by atoms with Gasteiger partial charge in [-0.15, -0.1) is 0 Å². The molecule has 4 rings (SSSR count). The summed E-state index contributed by atoms with van der Waals surface area (Å²) >= 11 is 0. The van der Waals surface area contributed by atoms with E-state index in [1.807, 2.05) is 13.8 Å². The van der Waals surface area contributed by atoms with Crippen LogP contribution in [-0.4, -0.2) is 34.6 Å². The molecule has 3 fully saturated rings. The van der Waals surface area contributed by atoms with Gasteiger partial charge >= 0.3 is 0 Å². The predicted octanol–water partition coefficient (Wildman–Crippen LogP) is 6.11. The highest BCUT2D eigenvalue weighted by atomic mass is 16.5. The average Bonchev–Trinajstić information content (AvgIpc) is 3.29. The molecule has 1 heterocycles. The number of fused-ring (bicyclic) bond motifs is 2. The largest absolute Gasteiger partial charge is 0.390 e. The normalized spacial score (nSPS) is 39.5. The van der Waals surface area contributed by atoms with Crippen molar-refractivity contribution in [2.75, 3.05) is 6.61 Å². The summed E-state index contributed by atoms with van der Waals surface area (Å²) in [5.41, 5.74) is 3.98. The third-order valence-electron chi connectivity index (χ3n) is 8.98. The van der Waals surface area contributed by atoms with E-state index in [9.17, 15) is 10.2 Å². The second kappa shape index (κ2) is 9.15. The van der Waals surface area contributed by atoms with Gasteiger partial charge in [-0.3, -0.25) is 0 Å². The molecular weight excluding hydrogens is 384 g/mol. The summed E-state index contributed by atoms with van der Waals surface area (Å²) in [4.78, 5) is 0. The lowest BCUT2D eigenvalue weighted by molar-refractivity contribution is 0.0596. The van der Waals surface area contributed by atoms with Crippen LogP contribution < -0.4 is 0 Å². The van der Waals surface area contributed by atoms with Crippen LogP contribution >= 0.6 is 0 Å². The highest BCUT2D eigenvalue weighted by molar-refractivity contribution is 5.32. The zero-order chi connectivity index (χ0) is 22.2. The Kier molecular flexibility index (Phi) is 6.87. The van der Waals surface area contributed by atoms with Gasteiger partial charge < -0.3 is 14.9 Å². The van der Waals surface area contributed by atoms with Crippen molar-refractivity contribution in [2.24, 2.45) is 23.2 Å². The number of allylic oxidation sites excluding steroid dienone is 3. The summed E-state index contributed by atoms with van der Waals surface area (Å²) in [7, 11) is 0. The van der Waals surface area contributed by atoms with Gasteiger partial charge in [0.05, 0.1) is 24.4 Å². The van der Waals surface area contributed by atoms with Gasteiger partial charge in [0.15, 0.2) is 0 Å². The quantitative estimate of drug-likeness (QED) is 0.502. The third-order valence-corrected chi connectivity index (χ3v) is 8.98. The summed E-state index contributed by atoms with van der Waals surface area (Å²) in [5, 5.41) is 20.5. The van der Waals surface area contributed by atoms with Gasteiger partial charge in [0, 0.05) is 0 Å². The summed E-state index contributed by atoms with van der Waals surface area (Å²) in [6, 6.07) is 0. The minimum Gasteiger partial charge on any atom is -0.390 e. The number of ether oxygens (including phenoxy) is 1. The van der Waals surface area contributed by atoms with Crippen molar-refractivity contribution in [3.63, 3.8) is 0 Å². The molecule has 0 amide bonds. The second-order valence-corrected chi connectivity index (χ2v) is 11.8. The standard InChI is InChI=1S/C28H44O3/c1-19(7-5-14-27(2,3)30)23-11-12-24-21(8-6-15-28(23,24)4)10-9-20-17-25(29)22-13-16-31-26(22)18-20/h9-10,13,19,23-26,29-30H,5-8,11-12,14-18H2,1-4H3. The molecule has 3 heteroatoms. The fourth-order valence-corrected chi connectivity index (χ4v) is 7.34. The van der Waals surface area contributed by atoms with Gasteiger partial charge in [0.25, 0.3) is 0 Å². The molecule has 0 aromatic carbocycles. The fourth-order valence-electron chi connectivity index (χ4n) is 7.34. The molecule has 4 aliphatic rings. The monoisotopic (exact) mass is 428 g/mol. The van der Waals surface area contributed by atoms with Crippen LogP contribution in [0.1, 0.15) is 91.9 Å². The Hall–Kier alpha value is -0.900. The molecule has 174 valence electrons. The Morgan fingerprint density at radius 2 is 2.06 bits per heavy atom. The van der Waals surface area contributed by atoms with Crippen LogP contribution in [0.4, 0.5) is 0 Å². The van der Waals surface area contributed by atoms with Gasteiger partial charge in [-0.25, -0.2) is 0 Å². The second-order valence-electron chi connectivity index (χ2n) is 11.8. The molecule has 3 saturated carbocycles. The van der Waals surface area contributed by atoms with Gasteiger partial charge in [-0.05, 0) is 94.0 Å². The van der Waals surface area contributed by atoms with E-state index in [2.05, 4.69) is 32.1 Å². The molecule has 3 nitrogen and oxygen atoms in total. The lowest BCUT2D eigenvalue weighted by atomic mass is 9.60. The highest BCUT2D eigenvalue weighted by Gasteiger charge is 2.50. The van der Waals surface area contributed by atoms with Crippen LogP contribution in [0.5, 0.6) is 0 Å². The van der Waals surface area contributed by atoms with Gasteiger partial charge in [0.2, 0.25) is 0 Å². The van der Waals surface area contributed by atoms with E-state index >= 15 is 0 Å². The minimum atomic E-state index is -0.539. The molecule has 1 aliphatic heterocycles. The van der Waals surface area contributed by atoms with Crippen LogP contribution in [0.15, 0.2) is 34.9 Å². The van der Waals surface area contributed by atoms with E-state index in [1.54, 1.807) is 5.57 Å². The molecule has 0 spiro atoms. The lowest BCUT2D eigenvalue weighted by Gasteiger charge is -2.44. The Morgan fingerprint density at radius 1 is 1.26 bits per heavy atom. The van der Waals surface area contributed by atoms with Crippen molar-refractivity contribution in [2.45, 2.75) is 110 Å². The lowest BCUT2D eigenvalue weighted by Crippen LogP contribution is -2.36. The van der Waals surface area contributed by atoms with Crippen LogP contribution in [0, 0.1) is 23.2 Å². The first-order valence-corrected chi connectivity index (χ1v) is 12.8. The van der Waals surface area contributed by atoms with Gasteiger partial charge in [-0.2, -0.15) is 0 Å². The Bertz CT molecular complexity index is 740. The fraction of sp³-hybridized carbons (Fsp3) is 0.786. The molecule has 2 N–H and O–H groups in total. The molecule has 0 radical (unpaired) electrons. The van der Waals surface area contributed by atoms with Crippen molar-refractivity contribution in [3.8, 4) is 0 Å². The Balaban J connectivity index is 1.42. The SMILES string of the molecule is CC(CCCC(C)(C)O)C1CCC2C(=CC=C3CC(O)C4=CCOC4C3)CCCC21C. The summed E-state index contributed by atoms with van der Waals surface area (Å²) in [6.45, 7) is 9.53. The Labute approximate surface area is 189 Å². The van der Waals surface area contributed by atoms with Crippen molar-refractivity contribution in [3.05, 3.63) is 34.9 Å². The maximum absolute atomic E-state index is 10.5. The third kappa shape index (κ3) is 5.04. The van der Waals surface area contributed by atoms with Crippen molar-refractivity contribution in [1.82, 2.24) is 0 Å².